The first-order chi connectivity index (χ1) is 8.62. The van der Waals surface area contributed by atoms with Gasteiger partial charge in [-0.25, -0.2) is 0 Å². The van der Waals surface area contributed by atoms with Crippen LogP contribution in [-0.2, 0) is 13.0 Å². The molecular weight excluding hydrogens is 236 g/mol. The van der Waals surface area contributed by atoms with E-state index < -0.39 is 0 Å². The molecule has 1 aliphatic carbocycles. The molecule has 0 amide bonds. The number of hydrogen-bond donors (Lipinski definition) is 0. The van der Waals surface area contributed by atoms with Crippen LogP contribution in [0.5, 0.6) is 0 Å². The van der Waals surface area contributed by atoms with Gasteiger partial charge in [0.05, 0.1) is 0 Å². The van der Waals surface area contributed by atoms with E-state index in [9.17, 15) is 4.79 Å². The van der Waals surface area contributed by atoms with Gasteiger partial charge in [-0.1, -0.05) is 13.8 Å². The molecule has 1 aromatic rings. The van der Waals surface area contributed by atoms with Crippen LogP contribution in [0.4, 0.5) is 0 Å². The van der Waals surface area contributed by atoms with Crippen molar-refractivity contribution in [3.8, 4) is 0 Å². The molecule has 1 aliphatic rings. The molecule has 3 heteroatoms. The van der Waals surface area contributed by atoms with Crippen molar-refractivity contribution in [3.63, 3.8) is 0 Å². The van der Waals surface area contributed by atoms with Crippen LogP contribution in [0.15, 0.2) is 12.3 Å². The fraction of sp³-hybridized carbons (Fsp3) is 0.688. The third-order valence-corrected chi connectivity index (χ3v) is 4.43. The van der Waals surface area contributed by atoms with Gasteiger partial charge in [-0.3, -0.25) is 4.79 Å². The maximum atomic E-state index is 12.2. The number of carbonyl (C=O) groups excluding carboxylic acids is 1. The summed E-state index contributed by atoms with van der Waals surface area (Å²) < 4.78 is 2.27. The van der Waals surface area contributed by atoms with Crippen molar-refractivity contribution < 1.29 is 4.79 Å². The molecule has 0 aromatic carbocycles. The molecule has 0 N–H and O–H groups in total. The number of carbonyl (C=O) groups is 1. The van der Waals surface area contributed by atoms with E-state index in [-0.39, 0.29) is 11.0 Å². The second-order valence-electron chi connectivity index (χ2n) is 7.45. The summed E-state index contributed by atoms with van der Waals surface area (Å²) in [5.74, 6) is 0.299. The third kappa shape index (κ3) is 2.76. The standard InChI is InChI=1S/C16H26N2O/c1-15(2)9-13-12(14(19)10-15)7-8-18(13)11-16(3,4)17(5)6/h7-8H,9-11H2,1-6H3. The summed E-state index contributed by atoms with van der Waals surface area (Å²) in [6.45, 7) is 9.74. The minimum atomic E-state index is 0.0808. The number of likely N-dealkylation sites (N-methyl/N-ethyl adjacent to an activating group) is 1. The Hall–Kier alpha value is -1.09. The van der Waals surface area contributed by atoms with Gasteiger partial charge >= 0.3 is 0 Å². The van der Waals surface area contributed by atoms with E-state index in [1.165, 1.54) is 5.69 Å². The zero-order chi connectivity index (χ0) is 14.4. The summed E-state index contributed by atoms with van der Waals surface area (Å²) in [5.41, 5.74) is 2.32. The van der Waals surface area contributed by atoms with Crippen molar-refractivity contribution in [2.24, 2.45) is 5.41 Å². The smallest absolute Gasteiger partial charge is 0.165 e. The summed E-state index contributed by atoms with van der Waals surface area (Å²) in [5, 5.41) is 0. The number of aromatic nitrogens is 1. The van der Waals surface area contributed by atoms with E-state index in [0.29, 0.717) is 12.2 Å². The molecule has 106 valence electrons. The molecule has 3 nitrogen and oxygen atoms in total. The summed E-state index contributed by atoms with van der Waals surface area (Å²) in [7, 11) is 4.20. The topological polar surface area (TPSA) is 25.2 Å². The van der Waals surface area contributed by atoms with Crippen molar-refractivity contribution in [2.45, 2.75) is 52.6 Å². The average Bonchev–Trinajstić information content (AvgIpc) is 2.59. The first kappa shape index (κ1) is 14.3. The lowest BCUT2D eigenvalue weighted by Gasteiger charge is -2.35. The van der Waals surface area contributed by atoms with Crippen LogP contribution < -0.4 is 0 Å². The van der Waals surface area contributed by atoms with Crippen LogP contribution in [-0.4, -0.2) is 34.9 Å². The fourth-order valence-corrected chi connectivity index (χ4v) is 2.71. The first-order valence-electron chi connectivity index (χ1n) is 7.01. The Morgan fingerprint density at radius 2 is 1.95 bits per heavy atom. The maximum absolute atomic E-state index is 12.2. The molecule has 0 atom stereocenters. The predicted molar refractivity (Wildman–Crippen MR) is 78.6 cm³/mol. The van der Waals surface area contributed by atoms with Gasteiger partial charge in [0.2, 0.25) is 0 Å². The first-order valence-corrected chi connectivity index (χ1v) is 7.01. The monoisotopic (exact) mass is 262 g/mol. The van der Waals surface area contributed by atoms with Gasteiger partial charge < -0.3 is 9.47 Å². The third-order valence-electron chi connectivity index (χ3n) is 4.43. The van der Waals surface area contributed by atoms with E-state index in [4.69, 9.17) is 0 Å². The molecule has 2 rings (SSSR count). The highest BCUT2D eigenvalue weighted by atomic mass is 16.1. The largest absolute Gasteiger partial charge is 0.349 e. The van der Waals surface area contributed by atoms with Crippen LogP contribution >= 0.6 is 0 Å². The van der Waals surface area contributed by atoms with Gasteiger partial charge in [-0.15, -0.1) is 0 Å². The van der Waals surface area contributed by atoms with Crippen molar-refractivity contribution >= 4 is 5.78 Å². The lowest BCUT2D eigenvalue weighted by Crippen LogP contribution is -2.42. The molecule has 0 aliphatic heterocycles. The zero-order valence-corrected chi connectivity index (χ0v) is 13.1. The molecule has 0 saturated heterocycles. The summed E-state index contributed by atoms with van der Waals surface area (Å²) >= 11 is 0. The Kier molecular flexibility index (Phi) is 3.38. The van der Waals surface area contributed by atoms with Gasteiger partial charge in [-0.05, 0) is 45.8 Å². The second kappa shape index (κ2) is 4.48. The highest BCUT2D eigenvalue weighted by molar-refractivity contribution is 5.98. The van der Waals surface area contributed by atoms with Crippen molar-refractivity contribution in [3.05, 3.63) is 23.5 Å². The van der Waals surface area contributed by atoms with E-state index in [2.05, 4.69) is 57.5 Å². The normalized spacial score (nSPS) is 18.8. The lowest BCUT2D eigenvalue weighted by atomic mass is 9.76. The van der Waals surface area contributed by atoms with Crippen molar-refractivity contribution in [2.75, 3.05) is 14.1 Å². The minimum Gasteiger partial charge on any atom is -0.349 e. The molecule has 0 saturated carbocycles. The lowest BCUT2D eigenvalue weighted by molar-refractivity contribution is 0.0907. The highest BCUT2D eigenvalue weighted by Gasteiger charge is 2.34. The quantitative estimate of drug-likeness (QED) is 0.836. The van der Waals surface area contributed by atoms with Gasteiger partial charge in [0.25, 0.3) is 0 Å². The molecule has 0 unspecified atom stereocenters. The van der Waals surface area contributed by atoms with Crippen LogP contribution in [0.3, 0.4) is 0 Å². The summed E-state index contributed by atoms with van der Waals surface area (Å²) in [4.78, 5) is 14.4. The van der Waals surface area contributed by atoms with Crippen LogP contribution in [0.25, 0.3) is 0 Å². The van der Waals surface area contributed by atoms with E-state index >= 15 is 0 Å². The van der Waals surface area contributed by atoms with Crippen molar-refractivity contribution in [1.29, 1.82) is 0 Å². The number of rotatable bonds is 3. The zero-order valence-electron chi connectivity index (χ0n) is 13.1. The Morgan fingerprint density at radius 3 is 2.53 bits per heavy atom. The Labute approximate surface area is 116 Å². The predicted octanol–water partition coefficient (Wildman–Crippen LogP) is 2.98. The van der Waals surface area contributed by atoms with Crippen LogP contribution in [0, 0.1) is 5.41 Å². The number of nitrogens with zero attached hydrogens (tertiary/aromatic N) is 2. The van der Waals surface area contributed by atoms with E-state index in [0.717, 1.165) is 18.5 Å². The Morgan fingerprint density at radius 1 is 1.32 bits per heavy atom. The molecule has 0 radical (unpaired) electrons. The van der Waals surface area contributed by atoms with Gasteiger partial charge in [0.15, 0.2) is 5.78 Å². The SMILES string of the molecule is CN(C)C(C)(C)Cn1ccc2c1CC(C)(C)CC2=O. The van der Waals surface area contributed by atoms with Crippen LogP contribution in [0.2, 0.25) is 0 Å². The molecule has 1 aromatic heterocycles. The molecule has 1 heterocycles. The number of Topliss-reactive ketones (excluding diaryl/α,β-unsaturated/α-hetero) is 1. The number of ketones is 1. The second-order valence-corrected chi connectivity index (χ2v) is 7.45. The Bertz CT molecular complexity index is 495. The molecule has 0 spiro atoms. The average molecular weight is 262 g/mol. The van der Waals surface area contributed by atoms with Gasteiger partial charge in [0.1, 0.15) is 0 Å². The molecule has 19 heavy (non-hydrogen) atoms. The fourth-order valence-electron chi connectivity index (χ4n) is 2.71. The minimum absolute atomic E-state index is 0.0808. The molecule has 0 fully saturated rings. The van der Waals surface area contributed by atoms with Crippen LogP contribution in [0.1, 0.15) is 50.2 Å². The number of fused-ring (bicyclic) bond motifs is 1. The van der Waals surface area contributed by atoms with Gasteiger partial charge in [-0.2, -0.15) is 0 Å². The maximum Gasteiger partial charge on any atom is 0.165 e. The van der Waals surface area contributed by atoms with E-state index in [1.807, 2.05) is 6.07 Å². The van der Waals surface area contributed by atoms with Gasteiger partial charge in [0, 0.05) is 36.0 Å². The highest BCUT2D eigenvalue weighted by Crippen LogP contribution is 2.35. The summed E-state index contributed by atoms with van der Waals surface area (Å²) in [6.07, 6.45) is 3.74. The summed E-state index contributed by atoms with van der Waals surface area (Å²) in [6, 6.07) is 2.00. The number of hydrogen-bond acceptors (Lipinski definition) is 2. The van der Waals surface area contributed by atoms with E-state index in [1.54, 1.807) is 0 Å². The Balaban J connectivity index is 2.34. The molecular formula is C16H26N2O. The van der Waals surface area contributed by atoms with Crippen molar-refractivity contribution in [1.82, 2.24) is 9.47 Å². The molecule has 0 bridgehead atoms.